The van der Waals surface area contributed by atoms with Crippen LogP contribution in [0.15, 0.2) is 24.3 Å². The summed E-state index contributed by atoms with van der Waals surface area (Å²) in [4.78, 5) is 0. The second-order valence-corrected chi connectivity index (χ2v) is 5.43. The van der Waals surface area contributed by atoms with Gasteiger partial charge in [-0.2, -0.15) is 0 Å². The summed E-state index contributed by atoms with van der Waals surface area (Å²) in [5.41, 5.74) is 4.22. The molecule has 0 saturated carbocycles. The van der Waals surface area contributed by atoms with E-state index in [0.29, 0.717) is 0 Å². The van der Waals surface area contributed by atoms with Crippen LogP contribution < -0.4 is 11.3 Å². The molecule has 0 amide bonds. The molecule has 0 aliphatic rings. The number of nitrogens with two attached hydrogens (primary N) is 1. The van der Waals surface area contributed by atoms with Crippen molar-refractivity contribution in [2.75, 3.05) is 0 Å². The number of nitrogens with one attached hydrogen (secondary N) is 1. The minimum absolute atomic E-state index is 0.280. The predicted molar refractivity (Wildman–Crippen MR) is 77.9 cm³/mol. The van der Waals surface area contributed by atoms with Gasteiger partial charge in [-0.3, -0.25) is 11.3 Å². The van der Waals surface area contributed by atoms with Gasteiger partial charge in [-0.25, -0.2) is 0 Å². The standard InChI is InChI=1S/C13H21IN2/c1-3-10(4-2)9-13(16-15)11-5-7-12(14)8-6-11/h5-8,10,13,16H,3-4,9,15H2,1-2H3. The minimum atomic E-state index is 0.280. The molecule has 2 nitrogen and oxygen atoms in total. The van der Waals surface area contributed by atoms with Crippen LogP contribution in [0.5, 0.6) is 0 Å². The fourth-order valence-electron chi connectivity index (χ4n) is 1.95. The maximum Gasteiger partial charge on any atom is 0.0462 e. The van der Waals surface area contributed by atoms with Crippen molar-refractivity contribution in [1.29, 1.82) is 0 Å². The number of benzene rings is 1. The Hall–Kier alpha value is -0.130. The Kier molecular flexibility index (Phi) is 6.31. The van der Waals surface area contributed by atoms with E-state index in [-0.39, 0.29) is 6.04 Å². The number of hydrogen-bond donors (Lipinski definition) is 2. The van der Waals surface area contributed by atoms with Crippen LogP contribution in [0.2, 0.25) is 0 Å². The van der Waals surface area contributed by atoms with E-state index in [4.69, 9.17) is 5.84 Å². The molecule has 1 atom stereocenters. The summed E-state index contributed by atoms with van der Waals surface area (Å²) in [6.07, 6.45) is 3.56. The first-order valence-electron chi connectivity index (χ1n) is 5.92. The second-order valence-electron chi connectivity index (χ2n) is 4.19. The fourth-order valence-corrected chi connectivity index (χ4v) is 2.31. The molecular weight excluding hydrogens is 311 g/mol. The Labute approximate surface area is 112 Å². The average Bonchev–Trinajstić information content (AvgIpc) is 2.32. The second kappa shape index (κ2) is 7.25. The molecule has 1 unspecified atom stereocenters. The van der Waals surface area contributed by atoms with Gasteiger partial charge in [-0.1, -0.05) is 38.8 Å². The number of halogens is 1. The lowest BCUT2D eigenvalue weighted by Gasteiger charge is -2.21. The molecule has 0 fully saturated rings. The summed E-state index contributed by atoms with van der Waals surface area (Å²) in [7, 11) is 0. The van der Waals surface area contributed by atoms with Gasteiger partial charge < -0.3 is 0 Å². The van der Waals surface area contributed by atoms with Crippen LogP contribution in [0.3, 0.4) is 0 Å². The van der Waals surface area contributed by atoms with Crippen LogP contribution in [-0.4, -0.2) is 0 Å². The highest BCUT2D eigenvalue weighted by atomic mass is 127. The maximum atomic E-state index is 5.65. The topological polar surface area (TPSA) is 38.0 Å². The summed E-state index contributed by atoms with van der Waals surface area (Å²) in [6.45, 7) is 4.49. The number of hydrazine groups is 1. The Morgan fingerprint density at radius 1 is 1.19 bits per heavy atom. The monoisotopic (exact) mass is 332 g/mol. The number of rotatable bonds is 6. The lowest BCUT2D eigenvalue weighted by atomic mass is 9.91. The van der Waals surface area contributed by atoms with Crippen molar-refractivity contribution in [3.05, 3.63) is 33.4 Å². The molecule has 3 N–H and O–H groups in total. The molecule has 1 rings (SSSR count). The average molecular weight is 332 g/mol. The third-order valence-corrected chi connectivity index (χ3v) is 3.92. The van der Waals surface area contributed by atoms with E-state index < -0.39 is 0 Å². The van der Waals surface area contributed by atoms with Gasteiger partial charge in [0.2, 0.25) is 0 Å². The molecule has 90 valence electrons. The van der Waals surface area contributed by atoms with Crippen LogP contribution >= 0.6 is 22.6 Å². The summed E-state index contributed by atoms with van der Waals surface area (Å²) in [6, 6.07) is 8.87. The summed E-state index contributed by atoms with van der Waals surface area (Å²) in [5, 5.41) is 0. The van der Waals surface area contributed by atoms with Gasteiger partial charge in [0.25, 0.3) is 0 Å². The van der Waals surface area contributed by atoms with E-state index in [1.165, 1.54) is 22.0 Å². The predicted octanol–water partition coefficient (Wildman–Crippen LogP) is 3.62. The molecule has 0 heterocycles. The van der Waals surface area contributed by atoms with Crippen LogP contribution in [0.1, 0.15) is 44.7 Å². The van der Waals surface area contributed by atoms with Crippen molar-refractivity contribution in [3.8, 4) is 0 Å². The molecule has 16 heavy (non-hydrogen) atoms. The van der Waals surface area contributed by atoms with Gasteiger partial charge in [-0.15, -0.1) is 0 Å². The van der Waals surface area contributed by atoms with Gasteiger partial charge in [0.1, 0.15) is 0 Å². The molecular formula is C13H21IN2. The van der Waals surface area contributed by atoms with E-state index in [1.807, 2.05) is 0 Å². The van der Waals surface area contributed by atoms with Crippen molar-refractivity contribution in [2.45, 2.75) is 39.2 Å². The summed E-state index contributed by atoms with van der Waals surface area (Å²) in [5.74, 6) is 6.40. The van der Waals surface area contributed by atoms with E-state index in [1.54, 1.807) is 0 Å². The largest absolute Gasteiger partial charge is 0.271 e. The van der Waals surface area contributed by atoms with Crippen molar-refractivity contribution in [2.24, 2.45) is 11.8 Å². The van der Waals surface area contributed by atoms with Crippen molar-refractivity contribution >= 4 is 22.6 Å². The Morgan fingerprint density at radius 2 is 1.75 bits per heavy atom. The highest BCUT2D eigenvalue weighted by molar-refractivity contribution is 14.1. The zero-order valence-corrected chi connectivity index (χ0v) is 12.2. The van der Waals surface area contributed by atoms with Crippen molar-refractivity contribution < 1.29 is 0 Å². The van der Waals surface area contributed by atoms with Gasteiger partial charge in [0.05, 0.1) is 0 Å². The minimum Gasteiger partial charge on any atom is -0.271 e. The van der Waals surface area contributed by atoms with E-state index in [2.05, 4.69) is 66.1 Å². The van der Waals surface area contributed by atoms with Crippen molar-refractivity contribution in [1.82, 2.24) is 5.43 Å². The van der Waals surface area contributed by atoms with Crippen LogP contribution in [0.25, 0.3) is 0 Å². The molecule has 0 saturated heterocycles. The highest BCUT2D eigenvalue weighted by Crippen LogP contribution is 2.25. The van der Waals surface area contributed by atoms with E-state index >= 15 is 0 Å². The SMILES string of the molecule is CCC(CC)CC(NN)c1ccc(I)cc1. The first-order valence-corrected chi connectivity index (χ1v) is 7.00. The lowest BCUT2D eigenvalue weighted by Crippen LogP contribution is -2.29. The molecule has 1 aromatic carbocycles. The summed E-state index contributed by atoms with van der Waals surface area (Å²) < 4.78 is 1.26. The van der Waals surface area contributed by atoms with Crippen LogP contribution in [0, 0.1) is 9.49 Å². The molecule has 0 radical (unpaired) electrons. The molecule has 0 aliphatic heterocycles. The molecule has 1 aromatic rings. The highest BCUT2D eigenvalue weighted by Gasteiger charge is 2.14. The van der Waals surface area contributed by atoms with E-state index in [0.717, 1.165) is 12.3 Å². The Balaban J connectivity index is 2.70. The normalized spacial score (nSPS) is 13.1. The summed E-state index contributed by atoms with van der Waals surface area (Å²) >= 11 is 2.32. The zero-order chi connectivity index (χ0) is 12.0. The first kappa shape index (κ1) is 13.9. The smallest absolute Gasteiger partial charge is 0.0462 e. The molecule has 0 spiro atoms. The maximum absolute atomic E-state index is 5.65. The molecule has 3 heteroatoms. The van der Waals surface area contributed by atoms with Gasteiger partial charge in [0, 0.05) is 9.61 Å². The molecule has 0 aromatic heterocycles. The first-order chi connectivity index (χ1) is 7.71. The van der Waals surface area contributed by atoms with Crippen LogP contribution in [-0.2, 0) is 0 Å². The van der Waals surface area contributed by atoms with Gasteiger partial charge in [0.15, 0.2) is 0 Å². The third kappa shape index (κ3) is 4.03. The molecule has 0 bridgehead atoms. The lowest BCUT2D eigenvalue weighted by molar-refractivity contribution is 0.375. The van der Waals surface area contributed by atoms with Crippen molar-refractivity contribution in [3.63, 3.8) is 0 Å². The van der Waals surface area contributed by atoms with E-state index in [9.17, 15) is 0 Å². The Bertz CT molecular complexity index is 293. The van der Waals surface area contributed by atoms with Crippen LogP contribution in [0.4, 0.5) is 0 Å². The van der Waals surface area contributed by atoms with Gasteiger partial charge >= 0.3 is 0 Å². The Morgan fingerprint density at radius 3 is 2.19 bits per heavy atom. The fraction of sp³-hybridized carbons (Fsp3) is 0.538. The zero-order valence-electron chi connectivity index (χ0n) is 10.0. The quantitative estimate of drug-likeness (QED) is 0.474. The van der Waals surface area contributed by atoms with Gasteiger partial charge in [-0.05, 0) is 52.6 Å². The third-order valence-electron chi connectivity index (χ3n) is 3.20. The molecule has 0 aliphatic carbocycles. The number of hydrogen-bond acceptors (Lipinski definition) is 2.